The molecule has 6 nitrogen and oxygen atoms in total. The molecule has 2 fully saturated rings. The number of carbonyl (C=O) groups excluding carboxylic acids is 2. The van der Waals surface area contributed by atoms with Gasteiger partial charge in [-0.1, -0.05) is 30.3 Å². The van der Waals surface area contributed by atoms with Gasteiger partial charge in [-0.05, 0) is 23.8 Å². The van der Waals surface area contributed by atoms with Crippen molar-refractivity contribution < 1.29 is 28.5 Å². The van der Waals surface area contributed by atoms with Gasteiger partial charge in [-0.2, -0.15) is 0 Å². The first kappa shape index (κ1) is 20.5. The van der Waals surface area contributed by atoms with Crippen LogP contribution in [0.1, 0.15) is 23.5 Å². The van der Waals surface area contributed by atoms with E-state index in [4.69, 9.17) is 4.74 Å². The first-order valence-electron chi connectivity index (χ1n) is 10.4. The van der Waals surface area contributed by atoms with Crippen LogP contribution in [0.25, 0.3) is 0 Å². The van der Waals surface area contributed by atoms with Gasteiger partial charge in [0.15, 0.2) is 18.2 Å². The van der Waals surface area contributed by atoms with Crippen LogP contribution in [-0.2, 0) is 16.1 Å². The van der Waals surface area contributed by atoms with Gasteiger partial charge in [0.2, 0.25) is 11.8 Å². The Labute approximate surface area is 175 Å². The minimum absolute atomic E-state index is 0.0789. The van der Waals surface area contributed by atoms with Crippen molar-refractivity contribution in [2.24, 2.45) is 0 Å². The normalized spacial score (nSPS) is 24.3. The summed E-state index contributed by atoms with van der Waals surface area (Å²) in [7, 11) is 1.46. The molecular formula is C23H28FN3O3+2. The average molecular weight is 413 g/mol. The number of ether oxygens (including phenoxy) is 1. The largest absolute Gasteiger partial charge is 0.494 e. The average Bonchev–Trinajstić information content (AvgIpc) is 3.04. The van der Waals surface area contributed by atoms with Gasteiger partial charge < -0.3 is 14.5 Å². The maximum Gasteiger partial charge on any atom is 0.241 e. The fraction of sp³-hybridized carbons (Fsp3) is 0.391. The Balaban J connectivity index is 1.30. The van der Waals surface area contributed by atoms with Crippen LogP contribution >= 0.6 is 0 Å². The third-order valence-corrected chi connectivity index (χ3v) is 6.16. The number of hydrogen-bond acceptors (Lipinski definition) is 3. The summed E-state index contributed by atoms with van der Waals surface area (Å²) in [5.41, 5.74) is 1.86. The van der Waals surface area contributed by atoms with E-state index in [-0.39, 0.29) is 35.7 Å². The van der Waals surface area contributed by atoms with Crippen LogP contribution in [0.4, 0.5) is 4.39 Å². The highest BCUT2D eigenvalue weighted by Crippen LogP contribution is 2.28. The van der Waals surface area contributed by atoms with E-state index in [9.17, 15) is 14.0 Å². The second-order valence-corrected chi connectivity index (χ2v) is 8.13. The number of methoxy groups -OCH3 is 1. The highest BCUT2D eigenvalue weighted by molar-refractivity contribution is 6.06. The highest BCUT2D eigenvalue weighted by atomic mass is 19.1. The van der Waals surface area contributed by atoms with Crippen molar-refractivity contribution in [2.45, 2.75) is 18.9 Å². The molecule has 0 aliphatic carbocycles. The second-order valence-electron chi connectivity index (χ2n) is 8.13. The first-order valence-corrected chi connectivity index (χ1v) is 10.4. The van der Waals surface area contributed by atoms with Gasteiger partial charge in [-0.25, -0.2) is 9.29 Å². The Hall–Kier alpha value is -2.77. The molecule has 0 unspecified atom stereocenters. The lowest BCUT2D eigenvalue weighted by Crippen LogP contribution is -3.28. The van der Waals surface area contributed by atoms with E-state index in [1.54, 1.807) is 6.07 Å². The molecule has 0 saturated carbocycles. The molecule has 4 rings (SSSR count). The summed E-state index contributed by atoms with van der Waals surface area (Å²) in [4.78, 5) is 29.4. The van der Waals surface area contributed by atoms with E-state index in [0.717, 1.165) is 43.9 Å². The number of amides is 2. The molecule has 0 spiro atoms. The lowest BCUT2D eigenvalue weighted by molar-refractivity contribution is -1.02. The summed E-state index contributed by atoms with van der Waals surface area (Å²) in [6.07, 6.45) is 0.260. The third kappa shape index (κ3) is 4.37. The van der Waals surface area contributed by atoms with Gasteiger partial charge in [0, 0.05) is 12.0 Å². The molecular weight excluding hydrogens is 385 g/mol. The van der Waals surface area contributed by atoms with E-state index < -0.39 is 0 Å². The molecule has 30 heavy (non-hydrogen) atoms. The molecule has 7 heteroatoms. The van der Waals surface area contributed by atoms with Crippen LogP contribution < -0.4 is 14.5 Å². The van der Waals surface area contributed by atoms with Crippen molar-refractivity contribution in [1.82, 2.24) is 4.90 Å². The summed E-state index contributed by atoms with van der Waals surface area (Å²) in [6.45, 7) is 4.78. The van der Waals surface area contributed by atoms with E-state index in [1.165, 1.54) is 27.9 Å². The number of rotatable bonds is 6. The minimum atomic E-state index is -0.352. The zero-order chi connectivity index (χ0) is 21.1. The predicted molar refractivity (Wildman–Crippen MR) is 109 cm³/mol. The fourth-order valence-corrected chi connectivity index (χ4v) is 4.42. The number of likely N-dealkylation sites (tertiary alicyclic amines) is 1. The van der Waals surface area contributed by atoms with Crippen molar-refractivity contribution in [3.63, 3.8) is 0 Å². The van der Waals surface area contributed by atoms with Crippen molar-refractivity contribution in [1.29, 1.82) is 0 Å². The van der Waals surface area contributed by atoms with Crippen molar-refractivity contribution in [3.05, 3.63) is 65.5 Å². The van der Waals surface area contributed by atoms with E-state index in [0.29, 0.717) is 6.67 Å². The van der Waals surface area contributed by atoms with Gasteiger partial charge in [0.25, 0.3) is 0 Å². The summed E-state index contributed by atoms with van der Waals surface area (Å²) >= 11 is 0. The standard InChI is InChI=1S/C23H26FN3O3/c1-30-21-8-7-17(13-20(21)24)15-25-9-11-26(12-10-25)16-27-22(28)14-19(23(27)29)18-5-3-2-4-6-18/h2-8,13,19H,9-12,14-16H2,1H3/p+2/t19-/m0/s1. The van der Waals surface area contributed by atoms with Crippen LogP contribution in [0.5, 0.6) is 5.75 Å². The van der Waals surface area contributed by atoms with Crippen molar-refractivity contribution in [2.75, 3.05) is 40.0 Å². The predicted octanol–water partition coefficient (Wildman–Crippen LogP) is -0.382. The molecule has 0 aromatic heterocycles. The SMILES string of the molecule is COc1ccc(C[NH+]2CC[NH+](CN3C(=O)C[C@@H](c4ccccc4)C3=O)CC2)cc1F. The number of halogens is 1. The summed E-state index contributed by atoms with van der Waals surface area (Å²) in [5.74, 6) is -0.587. The van der Waals surface area contributed by atoms with Gasteiger partial charge >= 0.3 is 0 Å². The Kier molecular flexibility index (Phi) is 6.11. The number of piperazine rings is 1. The quantitative estimate of drug-likeness (QED) is 0.635. The number of nitrogens with zero attached hydrogens (tertiary/aromatic N) is 1. The zero-order valence-corrected chi connectivity index (χ0v) is 17.2. The highest BCUT2D eigenvalue weighted by Gasteiger charge is 2.41. The number of carbonyl (C=O) groups is 2. The topological polar surface area (TPSA) is 55.5 Å². The monoisotopic (exact) mass is 413 g/mol. The summed E-state index contributed by atoms with van der Waals surface area (Å²) in [5, 5.41) is 0. The van der Waals surface area contributed by atoms with Gasteiger partial charge in [-0.3, -0.25) is 9.59 Å². The van der Waals surface area contributed by atoms with Crippen LogP contribution in [0.15, 0.2) is 48.5 Å². The number of quaternary nitrogens is 2. The summed E-state index contributed by atoms with van der Waals surface area (Å²) in [6, 6.07) is 14.6. The Morgan fingerprint density at radius 1 is 1.03 bits per heavy atom. The Morgan fingerprint density at radius 2 is 1.73 bits per heavy atom. The number of nitrogens with one attached hydrogen (secondary N) is 2. The van der Waals surface area contributed by atoms with E-state index in [2.05, 4.69) is 0 Å². The molecule has 2 aliphatic heterocycles. The molecule has 2 aromatic rings. The Morgan fingerprint density at radius 3 is 2.40 bits per heavy atom. The smallest absolute Gasteiger partial charge is 0.241 e. The van der Waals surface area contributed by atoms with Crippen molar-refractivity contribution in [3.8, 4) is 5.75 Å². The lowest BCUT2D eigenvalue weighted by Gasteiger charge is -2.31. The number of benzene rings is 2. The molecule has 2 saturated heterocycles. The van der Waals surface area contributed by atoms with Crippen molar-refractivity contribution >= 4 is 11.8 Å². The van der Waals surface area contributed by atoms with Crippen LogP contribution in [0, 0.1) is 5.82 Å². The van der Waals surface area contributed by atoms with E-state index >= 15 is 0 Å². The molecule has 2 aliphatic rings. The molecule has 2 heterocycles. The third-order valence-electron chi connectivity index (χ3n) is 6.16. The second kappa shape index (κ2) is 8.93. The Bertz CT molecular complexity index is 913. The molecule has 2 aromatic carbocycles. The molecule has 0 bridgehead atoms. The van der Waals surface area contributed by atoms with Crippen LogP contribution in [-0.4, -0.2) is 56.7 Å². The minimum Gasteiger partial charge on any atom is -0.494 e. The van der Waals surface area contributed by atoms with Gasteiger partial charge in [0.05, 0.1) is 13.0 Å². The number of hydrogen-bond donors (Lipinski definition) is 2. The molecule has 2 N–H and O–H groups in total. The maximum atomic E-state index is 13.9. The van der Waals surface area contributed by atoms with Crippen LogP contribution in [0.2, 0.25) is 0 Å². The first-order chi connectivity index (χ1) is 14.5. The van der Waals surface area contributed by atoms with Gasteiger partial charge in [0.1, 0.15) is 32.7 Å². The summed E-state index contributed by atoms with van der Waals surface area (Å²) < 4.78 is 18.9. The number of imide groups is 1. The van der Waals surface area contributed by atoms with Gasteiger partial charge in [-0.15, -0.1) is 0 Å². The maximum absolute atomic E-state index is 13.9. The fourth-order valence-electron chi connectivity index (χ4n) is 4.42. The molecule has 1 atom stereocenters. The van der Waals surface area contributed by atoms with E-state index in [1.807, 2.05) is 36.4 Å². The lowest BCUT2D eigenvalue weighted by atomic mass is 9.98. The zero-order valence-electron chi connectivity index (χ0n) is 17.2. The van der Waals surface area contributed by atoms with Crippen LogP contribution in [0.3, 0.4) is 0 Å². The molecule has 2 amide bonds. The molecule has 0 radical (unpaired) electrons. The molecule has 158 valence electrons.